The summed E-state index contributed by atoms with van der Waals surface area (Å²) in [7, 11) is 1.59. The molecule has 2 N–H and O–H groups in total. The van der Waals surface area contributed by atoms with Crippen LogP contribution in [0.4, 0.5) is 0 Å². The second-order valence-corrected chi connectivity index (χ2v) is 6.12. The smallest absolute Gasteiger partial charge is 0.226 e. The molecule has 0 bridgehead atoms. The molecule has 1 fully saturated rings. The molecule has 1 aliphatic heterocycles. The number of aromatic nitrogens is 1. The van der Waals surface area contributed by atoms with E-state index in [1.807, 2.05) is 26.0 Å². The Balaban J connectivity index is 1.97. The lowest BCUT2D eigenvalue weighted by Crippen LogP contribution is -2.47. The molecule has 1 aromatic rings. The molecule has 0 spiro atoms. The quantitative estimate of drug-likeness (QED) is 0.867. The number of carbonyl (C=O) groups excluding carboxylic acids is 1. The van der Waals surface area contributed by atoms with Gasteiger partial charge in [-0.05, 0) is 37.9 Å². The first kappa shape index (κ1) is 15.8. The van der Waals surface area contributed by atoms with Crippen molar-refractivity contribution in [3.05, 3.63) is 23.9 Å². The van der Waals surface area contributed by atoms with E-state index in [0.717, 1.165) is 31.5 Å². The van der Waals surface area contributed by atoms with Gasteiger partial charge in [-0.1, -0.05) is 19.9 Å². The second-order valence-electron chi connectivity index (χ2n) is 6.12. The van der Waals surface area contributed by atoms with Crippen molar-refractivity contribution in [2.24, 2.45) is 11.3 Å². The number of hydrogen-bond acceptors (Lipinski definition) is 4. The van der Waals surface area contributed by atoms with Crippen LogP contribution in [0.5, 0.6) is 5.88 Å². The highest BCUT2D eigenvalue weighted by molar-refractivity contribution is 5.82. The average Bonchev–Trinajstić information content (AvgIpc) is 2.53. The summed E-state index contributed by atoms with van der Waals surface area (Å²) in [4.78, 5) is 16.7. The van der Waals surface area contributed by atoms with E-state index in [2.05, 4.69) is 15.6 Å². The predicted molar refractivity (Wildman–Crippen MR) is 82.0 cm³/mol. The molecule has 1 aromatic heterocycles. The summed E-state index contributed by atoms with van der Waals surface area (Å²) in [5.74, 6) is 1.03. The number of amides is 1. The zero-order chi connectivity index (χ0) is 15.3. The van der Waals surface area contributed by atoms with Crippen molar-refractivity contribution in [1.82, 2.24) is 15.6 Å². The summed E-state index contributed by atoms with van der Waals surface area (Å²) in [6.07, 6.45) is 3.92. The maximum Gasteiger partial charge on any atom is 0.226 e. The first-order chi connectivity index (χ1) is 10.1. The standard InChI is InChI=1S/C16H25N3O2/c1-16(2,13-7-5-8-17-11-13)15(20)19-10-12-6-4-9-18-14(12)21-3/h4,6,9,13,17H,5,7-8,10-11H2,1-3H3,(H,19,20). The van der Waals surface area contributed by atoms with Gasteiger partial charge in [0.1, 0.15) is 0 Å². The lowest BCUT2D eigenvalue weighted by molar-refractivity contribution is -0.132. The summed E-state index contributed by atoms with van der Waals surface area (Å²) in [6, 6.07) is 3.77. The molecule has 0 radical (unpaired) electrons. The molecule has 2 heterocycles. The number of methoxy groups -OCH3 is 1. The Kier molecular flexibility index (Phi) is 5.17. The molecule has 5 nitrogen and oxygen atoms in total. The number of nitrogens with zero attached hydrogens (tertiary/aromatic N) is 1. The van der Waals surface area contributed by atoms with Crippen LogP contribution in [0.2, 0.25) is 0 Å². The molecule has 0 aromatic carbocycles. The highest BCUT2D eigenvalue weighted by Gasteiger charge is 2.37. The van der Waals surface area contributed by atoms with Gasteiger partial charge in [-0.15, -0.1) is 0 Å². The molecule has 5 heteroatoms. The van der Waals surface area contributed by atoms with Gasteiger partial charge in [-0.25, -0.2) is 4.98 Å². The minimum absolute atomic E-state index is 0.0853. The molecule has 0 aliphatic carbocycles. The fourth-order valence-corrected chi connectivity index (χ4v) is 2.80. The van der Waals surface area contributed by atoms with Gasteiger partial charge < -0.3 is 15.4 Å². The van der Waals surface area contributed by atoms with Crippen LogP contribution in [0.3, 0.4) is 0 Å². The van der Waals surface area contributed by atoms with Gasteiger partial charge >= 0.3 is 0 Å². The SMILES string of the molecule is COc1ncccc1CNC(=O)C(C)(C)C1CCCNC1. The Labute approximate surface area is 126 Å². The second kappa shape index (κ2) is 6.89. The molecule has 1 atom stereocenters. The van der Waals surface area contributed by atoms with Crippen molar-refractivity contribution in [2.45, 2.75) is 33.2 Å². The van der Waals surface area contributed by atoms with Gasteiger partial charge in [-0.3, -0.25) is 4.79 Å². The van der Waals surface area contributed by atoms with Crippen molar-refractivity contribution < 1.29 is 9.53 Å². The molecule has 116 valence electrons. The zero-order valence-corrected chi connectivity index (χ0v) is 13.1. The van der Waals surface area contributed by atoms with Gasteiger partial charge in [0.25, 0.3) is 0 Å². The average molecular weight is 291 g/mol. The molecule has 1 aliphatic rings. The first-order valence-corrected chi connectivity index (χ1v) is 7.52. The maximum absolute atomic E-state index is 12.5. The van der Waals surface area contributed by atoms with Crippen LogP contribution in [0, 0.1) is 11.3 Å². The largest absolute Gasteiger partial charge is 0.481 e. The van der Waals surface area contributed by atoms with E-state index in [-0.39, 0.29) is 11.3 Å². The Morgan fingerprint density at radius 2 is 2.38 bits per heavy atom. The van der Waals surface area contributed by atoms with Gasteiger partial charge in [0.15, 0.2) is 0 Å². The normalized spacial score (nSPS) is 19.1. The van der Waals surface area contributed by atoms with E-state index in [1.54, 1.807) is 13.3 Å². The minimum Gasteiger partial charge on any atom is -0.481 e. The van der Waals surface area contributed by atoms with E-state index < -0.39 is 0 Å². The number of piperidine rings is 1. The van der Waals surface area contributed by atoms with Gasteiger partial charge in [0.05, 0.1) is 7.11 Å². The Hall–Kier alpha value is -1.62. The predicted octanol–water partition coefficient (Wildman–Crippen LogP) is 1.73. The van der Waals surface area contributed by atoms with Crippen LogP contribution < -0.4 is 15.4 Å². The molecule has 21 heavy (non-hydrogen) atoms. The summed E-state index contributed by atoms with van der Waals surface area (Å²) in [6.45, 7) is 6.47. The summed E-state index contributed by atoms with van der Waals surface area (Å²) in [5.41, 5.74) is 0.522. The van der Waals surface area contributed by atoms with Crippen LogP contribution >= 0.6 is 0 Å². The highest BCUT2D eigenvalue weighted by Crippen LogP contribution is 2.32. The van der Waals surface area contributed by atoms with E-state index in [9.17, 15) is 4.79 Å². The van der Waals surface area contributed by atoms with E-state index in [4.69, 9.17) is 4.74 Å². The number of rotatable bonds is 5. The molecule has 2 rings (SSSR count). The summed E-state index contributed by atoms with van der Waals surface area (Å²) in [5, 5.41) is 6.40. The Morgan fingerprint density at radius 3 is 3.05 bits per heavy atom. The van der Waals surface area contributed by atoms with Crippen molar-refractivity contribution in [3.8, 4) is 5.88 Å². The van der Waals surface area contributed by atoms with Gasteiger partial charge in [0, 0.05) is 23.7 Å². The lowest BCUT2D eigenvalue weighted by atomic mass is 9.74. The monoisotopic (exact) mass is 291 g/mol. The molecule has 1 amide bonds. The van der Waals surface area contributed by atoms with E-state index >= 15 is 0 Å². The van der Waals surface area contributed by atoms with Crippen molar-refractivity contribution >= 4 is 5.91 Å². The van der Waals surface area contributed by atoms with Crippen LogP contribution in [0.15, 0.2) is 18.3 Å². The third-order valence-corrected chi connectivity index (χ3v) is 4.39. The van der Waals surface area contributed by atoms with Crippen LogP contribution in [-0.2, 0) is 11.3 Å². The van der Waals surface area contributed by atoms with Crippen molar-refractivity contribution in [3.63, 3.8) is 0 Å². The molecule has 1 unspecified atom stereocenters. The molecular weight excluding hydrogens is 266 g/mol. The topological polar surface area (TPSA) is 63.2 Å². The third-order valence-electron chi connectivity index (χ3n) is 4.39. The van der Waals surface area contributed by atoms with E-state index in [0.29, 0.717) is 18.3 Å². The van der Waals surface area contributed by atoms with Crippen LogP contribution in [0.1, 0.15) is 32.3 Å². The molecule has 0 saturated carbocycles. The van der Waals surface area contributed by atoms with Crippen molar-refractivity contribution in [2.75, 3.05) is 20.2 Å². The van der Waals surface area contributed by atoms with Crippen molar-refractivity contribution in [1.29, 1.82) is 0 Å². The fraction of sp³-hybridized carbons (Fsp3) is 0.625. The number of ether oxygens (including phenoxy) is 1. The highest BCUT2D eigenvalue weighted by atomic mass is 16.5. The lowest BCUT2D eigenvalue weighted by Gasteiger charge is -2.36. The Bertz CT molecular complexity index is 482. The van der Waals surface area contributed by atoms with Gasteiger partial charge in [-0.2, -0.15) is 0 Å². The summed E-state index contributed by atoms with van der Waals surface area (Å²) >= 11 is 0. The zero-order valence-electron chi connectivity index (χ0n) is 13.1. The number of pyridine rings is 1. The number of hydrogen-bond donors (Lipinski definition) is 2. The molecule has 1 saturated heterocycles. The molecular formula is C16H25N3O2. The van der Waals surface area contributed by atoms with E-state index in [1.165, 1.54) is 0 Å². The summed E-state index contributed by atoms with van der Waals surface area (Å²) < 4.78 is 5.21. The van der Waals surface area contributed by atoms with Crippen LogP contribution in [0.25, 0.3) is 0 Å². The fourth-order valence-electron chi connectivity index (χ4n) is 2.80. The third kappa shape index (κ3) is 3.73. The number of carbonyl (C=O) groups is 1. The maximum atomic E-state index is 12.5. The number of nitrogens with one attached hydrogen (secondary N) is 2. The first-order valence-electron chi connectivity index (χ1n) is 7.52. The minimum atomic E-state index is -0.372. The van der Waals surface area contributed by atoms with Gasteiger partial charge in [0.2, 0.25) is 11.8 Å². The Morgan fingerprint density at radius 1 is 1.57 bits per heavy atom. The van der Waals surface area contributed by atoms with Crippen LogP contribution in [-0.4, -0.2) is 31.1 Å².